The number of benzene rings is 2. The molecular weight excluding hydrogens is 532 g/mol. The van der Waals surface area contributed by atoms with E-state index < -0.39 is 0 Å². The molecule has 222 valence electrons. The van der Waals surface area contributed by atoms with Crippen molar-refractivity contribution in [2.75, 3.05) is 51.3 Å². The molecule has 5 rings (SSSR count). The third kappa shape index (κ3) is 7.04. The lowest BCUT2D eigenvalue weighted by molar-refractivity contribution is 0.0777. The average Bonchev–Trinajstić information content (AvgIpc) is 3.01. The fourth-order valence-electron chi connectivity index (χ4n) is 5.57. The number of piperidine rings is 1. The maximum Gasteiger partial charge on any atom is 0.265 e. The second-order valence-corrected chi connectivity index (χ2v) is 11.0. The molecule has 2 aliphatic rings. The van der Waals surface area contributed by atoms with E-state index in [-0.39, 0.29) is 12.0 Å². The van der Waals surface area contributed by atoms with Crippen LogP contribution in [-0.2, 0) is 0 Å². The number of anilines is 1. The van der Waals surface area contributed by atoms with Gasteiger partial charge in [0.05, 0.1) is 36.6 Å². The summed E-state index contributed by atoms with van der Waals surface area (Å²) in [6.07, 6.45) is 6.31. The monoisotopic (exact) mass is 572 g/mol. The number of hydrogen-bond donors (Lipinski definition) is 2. The minimum absolute atomic E-state index is 0.0743. The van der Waals surface area contributed by atoms with Gasteiger partial charge in [0.2, 0.25) is 0 Å². The zero-order chi connectivity index (χ0) is 29.5. The number of piperazine rings is 1. The highest BCUT2D eigenvalue weighted by Gasteiger charge is 2.24. The molecule has 1 unspecified atom stereocenters. The Morgan fingerprint density at radius 1 is 1.14 bits per heavy atom. The van der Waals surface area contributed by atoms with Crippen LogP contribution in [-0.4, -0.2) is 74.5 Å². The summed E-state index contributed by atoms with van der Waals surface area (Å²) in [7, 11) is 1.63. The molecule has 1 aromatic heterocycles. The van der Waals surface area contributed by atoms with Gasteiger partial charge >= 0.3 is 0 Å². The molecule has 0 saturated carbocycles. The highest BCUT2D eigenvalue weighted by atomic mass is 16.5. The number of pyridine rings is 1. The minimum atomic E-state index is -0.164. The average molecular weight is 573 g/mol. The van der Waals surface area contributed by atoms with Gasteiger partial charge in [-0.1, -0.05) is 6.42 Å². The van der Waals surface area contributed by atoms with Crippen LogP contribution >= 0.6 is 0 Å². The summed E-state index contributed by atoms with van der Waals surface area (Å²) in [5.41, 5.74) is 5.65. The van der Waals surface area contributed by atoms with Crippen LogP contribution in [0.5, 0.6) is 17.2 Å². The Morgan fingerprint density at radius 3 is 2.60 bits per heavy atom. The summed E-state index contributed by atoms with van der Waals surface area (Å²) in [6.45, 7) is 8.05. The van der Waals surface area contributed by atoms with E-state index in [1.165, 1.54) is 19.3 Å². The molecule has 0 bridgehead atoms. The highest BCUT2D eigenvalue weighted by molar-refractivity contribution is 5.97. The van der Waals surface area contributed by atoms with E-state index in [2.05, 4.69) is 26.7 Å². The van der Waals surface area contributed by atoms with E-state index in [0.29, 0.717) is 61.5 Å². The van der Waals surface area contributed by atoms with Gasteiger partial charge in [0.25, 0.3) is 5.91 Å². The minimum Gasteiger partial charge on any atom is -0.493 e. The van der Waals surface area contributed by atoms with E-state index >= 15 is 0 Å². The number of nitriles is 1. The Kier molecular flexibility index (Phi) is 9.62. The summed E-state index contributed by atoms with van der Waals surface area (Å²) in [6, 6.07) is 13.8. The molecule has 0 aliphatic carbocycles. The molecule has 2 N–H and O–H groups in total. The number of aromatic nitrogens is 1. The molecule has 3 aromatic rings. The molecular formula is C32H40N6O4. The van der Waals surface area contributed by atoms with Crippen molar-refractivity contribution in [1.29, 1.82) is 5.26 Å². The van der Waals surface area contributed by atoms with Crippen LogP contribution in [0.2, 0.25) is 0 Å². The topological polar surface area (TPSA) is 112 Å². The number of rotatable bonds is 10. The normalized spacial score (nSPS) is 17.6. The summed E-state index contributed by atoms with van der Waals surface area (Å²) < 4.78 is 17.5. The quantitative estimate of drug-likeness (QED) is 0.368. The van der Waals surface area contributed by atoms with Gasteiger partial charge in [0, 0.05) is 55.4 Å². The number of hydrazine groups is 1. The van der Waals surface area contributed by atoms with Crippen molar-refractivity contribution in [2.45, 2.75) is 51.7 Å². The zero-order valence-electron chi connectivity index (χ0n) is 24.7. The van der Waals surface area contributed by atoms with Crippen molar-refractivity contribution in [3.8, 4) is 23.3 Å². The largest absolute Gasteiger partial charge is 0.493 e. The second kappa shape index (κ2) is 13.7. The van der Waals surface area contributed by atoms with E-state index in [0.717, 1.165) is 35.3 Å². The van der Waals surface area contributed by atoms with Crippen LogP contribution in [0.1, 0.15) is 55.5 Å². The van der Waals surface area contributed by atoms with E-state index in [1.807, 2.05) is 43.1 Å². The van der Waals surface area contributed by atoms with Gasteiger partial charge in [0.1, 0.15) is 11.8 Å². The number of hydrogen-bond acceptors (Lipinski definition) is 9. The molecule has 10 heteroatoms. The Balaban J connectivity index is 1.25. The second-order valence-electron chi connectivity index (χ2n) is 11.0. The summed E-state index contributed by atoms with van der Waals surface area (Å²) >= 11 is 0. The maximum atomic E-state index is 12.9. The lowest BCUT2D eigenvalue weighted by atomic mass is 10.0. The Labute approximate surface area is 247 Å². The number of methoxy groups -OCH3 is 1. The van der Waals surface area contributed by atoms with Crippen molar-refractivity contribution in [3.05, 3.63) is 53.7 Å². The van der Waals surface area contributed by atoms with Crippen LogP contribution in [0.4, 0.5) is 5.69 Å². The van der Waals surface area contributed by atoms with Gasteiger partial charge in [-0.2, -0.15) is 5.26 Å². The van der Waals surface area contributed by atoms with E-state index in [1.54, 1.807) is 25.4 Å². The Bertz CT molecular complexity index is 1410. The SMILES string of the molecule is COc1cc2c(N3CCN(NC(=O)c4ccc(OC(C)C)cc4)CC3)c(C#N)cnc2cc1OCCC1CCCCN1. The van der Waals surface area contributed by atoms with Crippen LogP contribution in [0.25, 0.3) is 10.9 Å². The molecule has 1 atom stereocenters. The molecule has 3 heterocycles. The van der Waals surface area contributed by atoms with E-state index in [4.69, 9.17) is 14.2 Å². The first-order chi connectivity index (χ1) is 20.4. The van der Waals surface area contributed by atoms with Crippen molar-refractivity contribution >= 4 is 22.5 Å². The number of nitrogens with one attached hydrogen (secondary N) is 2. The van der Waals surface area contributed by atoms with Gasteiger partial charge in [-0.25, -0.2) is 5.01 Å². The smallest absolute Gasteiger partial charge is 0.265 e. The maximum absolute atomic E-state index is 12.9. The van der Waals surface area contributed by atoms with Gasteiger partial charge in [-0.3, -0.25) is 15.2 Å². The number of amides is 1. The number of ether oxygens (including phenoxy) is 3. The first kappa shape index (κ1) is 29.4. The van der Waals surface area contributed by atoms with Gasteiger partial charge in [0.15, 0.2) is 11.5 Å². The molecule has 0 spiro atoms. The molecule has 10 nitrogen and oxygen atoms in total. The van der Waals surface area contributed by atoms with Crippen LogP contribution < -0.4 is 29.9 Å². The Hall–Kier alpha value is -4.07. The highest BCUT2D eigenvalue weighted by Crippen LogP contribution is 2.38. The van der Waals surface area contributed by atoms with Crippen LogP contribution in [0.15, 0.2) is 42.6 Å². The van der Waals surface area contributed by atoms with Crippen LogP contribution in [0.3, 0.4) is 0 Å². The lowest BCUT2D eigenvalue weighted by Gasteiger charge is -2.36. The summed E-state index contributed by atoms with van der Waals surface area (Å²) in [5, 5.41) is 16.3. The zero-order valence-corrected chi connectivity index (χ0v) is 24.7. The third-order valence-corrected chi connectivity index (χ3v) is 7.73. The fraction of sp³-hybridized carbons (Fsp3) is 0.469. The lowest BCUT2D eigenvalue weighted by Crippen LogP contribution is -2.53. The summed E-state index contributed by atoms with van der Waals surface area (Å²) in [4.78, 5) is 19.6. The van der Waals surface area contributed by atoms with Gasteiger partial charge in [-0.05, 0) is 70.0 Å². The number of nitrogens with zero attached hydrogens (tertiary/aromatic N) is 4. The molecule has 42 heavy (non-hydrogen) atoms. The molecule has 0 radical (unpaired) electrons. The Morgan fingerprint density at radius 2 is 1.93 bits per heavy atom. The van der Waals surface area contributed by atoms with Crippen molar-refractivity contribution in [3.63, 3.8) is 0 Å². The van der Waals surface area contributed by atoms with Crippen molar-refractivity contribution in [1.82, 2.24) is 20.7 Å². The van der Waals surface area contributed by atoms with Crippen molar-refractivity contribution in [2.24, 2.45) is 0 Å². The third-order valence-electron chi connectivity index (χ3n) is 7.73. The molecule has 1 amide bonds. The number of carbonyl (C=O) groups excluding carboxylic acids is 1. The van der Waals surface area contributed by atoms with Crippen LogP contribution in [0, 0.1) is 11.3 Å². The molecule has 2 aliphatic heterocycles. The van der Waals surface area contributed by atoms with Gasteiger partial charge < -0.3 is 24.4 Å². The predicted molar refractivity (Wildman–Crippen MR) is 162 cm³/mol. The standard InChI is InChI=1S/C32H40N6O4/c1-22(2)42-26-9-7-23(8-10-26)32(39)36-38-15-13-37(14-16-38)31-24(20-33)21-35-28-19-30(29(40-3)18-27(28)31)41-17-11-25-6-4-5-12-34-25/h7-10,18-19,21-22,25,34H,4-6,11-17H2,1-3H3,(H,36,39). The first-order valence-electron chi connectivity index (χ1n) is 14.8. The molecule has 2 saturated heterocycles. The van der Waals surface area contributed by atoms with E-state index in [9.17, 15) is 10.1 Å². The van der Waals surface area contributed by atoms with Gasteiger partial charge in [-0.15, -0.1) is 0 Å². The predicted octanol–water partition coefficient (Wildman–Crippen LogP) is 4.28. The fourth-order valence-corrected chi connectivity index (χ4v) is 5.57. The number of fused-ring (bicyclic) bond motifs is 1. The summed E-state index contributed by atoms with van der Waals surface area (Å²) in [5.74, 6) is 1.84. The molecule has 2 aromatic carbocycles. The van der Waals surface area contributed by atoms with Crippen molar-refractivity contribution < 1.29 is 19.0 Å². The molecule has 2 fully saturated rings. The number of carbonyl (C=O) groups is 1. The first-order valence-corrected chi connectivity index (χ1v) is 14.8.